The molecule has 1 aliphatic rings. The van der Waals surface area contributed by atoms with E-state index in [-0.39, 0.29) is 5.78 Å². The molecule has 3 aromatic rings. The second-order valence-corrected chi connectivity index (χ2v) is 8.77. The summed E-state index contributed by atoms with van der Waals surface area (Å²) in [5.41, 5.74) is 3.28. The summed E-state index contributed by atoms with van der Waals surface area (Å²) >= 11 is 1.49. The molecule has 1 fully saturated rings. The second-order valence-electron chi connectivity index (χ2n) is 7.83. The number of hydrogen-bond donors (Lipinski definition) is 0. The van der Waals surface area contributed by atoms with Crippen LogP contribution < -0.4 is 0 Å². The predicted molar refractivity (Wildman–Crippen MR) is 118 cm³/mol. The molecule has 4 rings (SSSR count). The topological polar surface area (TPSA) is 47.8 Å². The van der Waals surface area contributed by atoms with Crippen LogP contribution in [-0.2, 0) is 6.54 Å². The second kappa shape index (κ2) is 8.95. The number of thioether (sulfide) groups is 1. The van der Waals surface area contributed by atoms with Crippen LogP contribution in [0.3, 0.4) is 0 Å². The molecule has 1 atom stereocenters. The smallest absolute Gasteiger partial charge is 0.191 e. The van der Waals surface area contributed by atoms with Gasteiger partial charge in [-0.2, -0.15) is 0 Å². The molecule has 0 radical (unpaired) electrons. The Morgan fingerprint density at radius 2 is 1.83 bits per heavy atom. The van der Waals surface area contributed by atoms with Crippen molar-refractivity contribution in [2.45, 2.75) is 56.6 Å². The largest absolute Gasteiger partial charge is 0.301 e. The lowest BCUT2D eigenvalue weighted by molar-refractivity contribution is 0.102. The fraction of sp³-hybridized carbons (Fsp3) is 0.375. The van der Waals surface area contributed by atoms with E-state index in [4.69, 9.17) is 0 Å². The minimum atomic E-state index is 0.132. The Morgan fingerprint density at radius 3 is 2.48 bits per heavy atom. The van der Waals surface area contributed by atoms with Crippen LogP contribution in [0.2, 0.25) is 0 Å². The van der Waals surface area contributed by atoms with E-state index in [1.807, 2.05) is 18.2 Å². The zero-order chi connectivity index (χ0) is 20.2. The quantitative estimate of drug-likeness (QED) is 0.339. The molecule has 0 aliphatic heterocycles. The van der Waals surface area contributed by atoms with Gasteiger partial charge >= 0.3 is 0 Å². The average molecular weight is 406 g/mol. The number of ketones is 1. The molecule has 1 aromatic heterocycles. The van der Waals surface area contributed by atoms with E-state index in [1.54, 1.807) is 0 Å². The summed E-state index contributed by atoms with van der Waals surface area (Å²) in [6.07, 6.45) is 3.46. The molecule has 4 nitrogen and oxygen atoms in total. The first-order valence-corrected chi connectivity index (χ1v) is 11.4. The maximum atomic E-state index is 12.7. The molecular formula is C24H27N3OS. The van der Waals surface area contributed by atoms with E-state index in [2.05, 4.69) is 65.0 Å². The molecule has 150 valence electrons. The van der Waals surface area contributed by atoms with Gasteiger partial charge in [0.1, 0.15) is 5.82 Å². The fourth-order valence-electron chi connectivity index (χ4n) is 3.41. The molecule has 29 heavy (non-hydrogen) atoms. The van der Waals surface area contributed by atoms with Gasteiger partial charge in [-0.1, -0.05) is 80.2 Å². The fourth-order valence-corrected chi connectivity index (χ4v) is 4.25. The Bertz CT molecular complexity index is 962. The summed E-state index contributed by atoms with van der Waals surface area (Å²) in [5, 5.41) is 9.69. The summed E-state index contributed by atoms with van der Waals surface area (Å²) < 4.78 is 2.19. The first kappa shape index (κ1) is 19.9. The van der Waals surface area contributed by atoms with Crippen LogP contribution in [0, 0.1) is 0 Å². The number of benzene rings is 2. The molecule has 1 aliphatic carbocycles. The van der Waals surface area contributed by atoms with Crippen molar-refractivity contribution in [3.63, 3.8) is 0 Å². The van der Waals surface area contributed by atoms with Gasteiger partial charge in [0.2, 0.25) is 0 Å². The standard InChI is InChI=1S/C24H27N3OS/c1-3-17(2)19-9-11-20(12-10-19)22(28)16-29-24-26-25-23(21-13-14-21)27(24)15-18-7-5-4-6-8-18/h4-12,17,21H,3,13-16H2,1-2H3/t17-/m1/s1. The van der Waals surface area contributed by atoms with Crippen molar-refractivity contribution in [1.29, 1.82) is 0 Å². The van der Waals surface area contributed by atoms with E-state index < -0.39 is 0 Å². The number of aromatic nitrogens is 3. The third-order valence-electron chi connectivity index (χ3n) is 5.62. The van der Waals surface area contributed by atoms with Crippen LogP contribution in [0.5, 0.6) is 0 Å². The highest BCUT2D eigenvalue weighted by atomic mass is 32.2. The van der Waals surface area contributed by atoms with Crippen molar-refractivity contribution in [3.8, 4) is 0 Å². The summed E-state index contributed by atoms with van der Waals surface area (Å²) in [7, 11) is 0. The van der Waals surface area contributed by atoms with E-state index in [9.17, 15) is 4.79 Å². The number of nitrogens with zero attached hydrogens (tertiary/aromatic N) is 3. The van der Waals surface area contributed by atoms with Crippen LogP contribution in [0.1, 0.15) is 72.3 Å². The Labute approximate surface area is 176 Å². The lowest BCUT2D eigenvalue weighted by Gasteiger charge is -2.11. The molecule has 1 saturated carbocycles. The van der Waals surface area contributed by atoms with Gasteiger partial charge in [-0.3, -0.25) is 4.79 Å². The zero-order valence-electron chi connectivity index (χ0n) is 17.0. The first-order chi connectivity index (χ1) is 14.2. The van der Waals surface area contributed by atoms with Crippen molar-refractivity contribution >= 4 is 17.5 Å². The number of carbonyl (C=O) groups excluding carboxylic acids is 1. The molecule has 0 unspecified atom stereocenters. The van der Waals surface area contributed by atoms with Crippen LogP contribution in [0.4, 0.5) is 0 Å². The van der Waals surface area contributed by atoms with Crippen LogP contribution in [0.15, 0.2) is 59.8 Å². The maximum absolute atomic E-state index is 12.7. The van der Waals surface area contributed by atoms with Crippen molar-refractivity contribution in [2.24, 2.45) is 0 Å². The van der Waals surface area contributed by atoms with E-state index >= 15 is 0 Å². The Balaban J connectivity index is 1.46. The minimum absolute atomic E-state index is 0.132. The van der Waals surface area contributed by atoms with Crippen LogP contribution in [-0.4, -0.2) is 26.3 Å². The Morgan fingerprint density at radius 1 is 1.10 bits per heavy atom. The molecule has 5 heteroatoms. The lowest BCUT2D eigenvalue weighted by Crippen LogP contribution is -2.08. The lowest BCUT2D eigenvalue weighted by atomic mass is 9.97. The summed E-state index contributed by atoms with van der Waals surface area (Å²) in [4.78, 5) is 12.7. The van der Waals surface area contributed by atoms with Gasteiger partial charge in [-0.25, -0.2) is 0 Å². The minimum Gasteiger partial charge on any atom is -0.301 e. The van der Waals surface area contributed by atoms with Gasteiger partial charge in [0.05, 0.1) is 12.3 Å². The van der Waals surface area contributed by atoms with Crippen molar-refractivity contribution < 1.29 is 4.79 Å². The number of rotatable bonds is 9. The summed E-state index contributed by atoms with van der Waals surface area (Å²) in [5.74, 6) is 2.60. The molecule has 0 spiro atoms. The molecule has 0 N–H and O–H groups in total. The molecule has 0 bridgehead atoms. The monoisotopic (exact) mass is 405 g/mol. The van der Waals surface area contributed by atoms with E-state index in [0.29, 0.717) is 17.6 Å². The highest BCUT2D eigenvalue weighted by Crippen LogP contribution is 2.40. The van der Waals surface area contributed by atoms with Gasteiger partial charge in [0, 0.05) is 11.5 Å². The zero-order valence-corrected chi connectivity index (χ0v) is 17.9. The van der Waals surface area contributed by atoms with Gasteiger partial charge in [0.25, 0.3) is 0 Å². The summed E-state index contributed by atoms with van der Waals surface area (Å²) in [6, 6.07) is 18.4. The van der Waals surface area contributed by atoms with Gasteiger partial charge in [-0.05, 0) is 36.3 Å². The van der Waals surface area contributed by atoms with Crippen molar-refractivity contribution in [2.75, 3.05) is 5.75 Å². The predicted octanol–water partition coefficient (Wildman–Crippen LogP) is 5.69. The summed E-state index contributed by atoms with van der Waals surface area (Å²) in [6.45, 7) is 5.14. The average Bonchev–Trinajstić information content (AvgIpc) is 3.54. The number of carbonyl (C=O) groups is 1. The normalized spacial score (nSPS) is 14.7. The SMILES string of the molecule is CC[C@@H](C)c1ccc(C(=O)CSc2nnc(C3CC3)n2Cc2ccccc2)cc1. The highest BCUT2D eigenvalue weighted by Gasteiger charge is 2.30. The molecule has 2 aromatic carbocycles. The maximum Gasteiger partial charge on any atom is 0.191 e. The Kier molecular flexibility index (Phi) is 6.14. The molecular weight excluding hydrogens is 378 g/mol. The van der Waals surface area contributed by atoms with Gasteiger partial charge < -0.3 is 4.57 Å². The number of Topliss-reactive ketones (excluding diaryl/α,β-unsaturated/α-hetero) is 1. The van der Waals surface area contributed by atoms with Gasteiger partial charge in [0.15, 0.2) is 10.9 Å². The third kappa shape index (κ3) is 4.78. The molecule has 1 heterocycles. The molecule has 0 amide bonds. The molecule has 0 saturated heterocycles. The van der Waals surface area contributed by atoms with E-state index in [0.717, 1.165) is 29.5 Å². The van der Waals surface area contributed by atoms with Crippen LogP contribution >= 0.6 is 11.8 Å². The Hall–Kier alpha value is -2.40. The van der Waals surface area contributed by atoms with Gasteiger partial charge in [-0.15, -0.1) is 10.2 Å². The van der Waals surface area contributed by atoms with Crippen LogP contribution in [0.25, 0.3) is 0 Å². The van der Waals surface area contributed by atoms with E-state index in [1.165, 1.54) is 35.7 Å². The highest BCUT2D eigenvalue weighted by molar-refractivity contribution is 7.99. The number of hydrogen-bond acceptors (Lipinski definition) is 4. The van der Waals surface area contributed by atoms with Crippen molar-refractivity contribution in [1.82, 2.24) is 14.8 Å². The first-order valence-electron chi connectivity index (χ1n) is 10.4. The van der Waals surface area contributed by atoms with Crippen molar-refractivity contribution in [3.05, 3.63) is 77.1 Å². The third-order valence-corrected chi connectivity index (χ3v) is 6.58.